The van der Waals surface area contributed by atoms with Gasteiger partial charge in [-0.25, -0.2) is 0 Å². The molecule has 0 radical (unpaired) electrons. The van der Waals surface area contributed by atoms with Crippen LogP contribution in [0.15, 0.2) is 24.0 Å². The third kappa shape index (κ3) is 1.12. The van der Waals surface area contributed by atoms with Gasteiger partial charge in [-0.3, -0.25) is 0 Å². The molecule has 1 aliphatic rings. The van der Waals surface area contributed by atoms with Gasteiger partial charge in [0, 0.05) is 0 Å². The molecule has 0 spiro atoms. The standard InChI is InChI=1S/C4H3ClO2/c5-4-3-6-1-2-7-4/h1-3H. The Morgan fingerprint density at radius 2 is 2.29 bits per heavy atom. The van der Waals surface area contributed by atoms with Crippen molar-refractivity contribution < 1.29 is 9.47 Å². The molecule has 7 heavy (non-hydrogen) atoms. The molecular weight excluding hydrogens is 115 g/mol. The van der Waals surface area contributed by atoms with Gasteiger partial charge in [-0.05, 0) is 11.6 Å². The average molecular weight is 119 g/mol. The van der Waals surface area contributed by atoms with Gasteiger partial charge in [0.05, 0.1) is 0 Å². The molecule has 0 amide bonds. The van der Waals surface area contributed by atoms with E-state index in [4.69, 9.17) is 11.6 Å². The van der Waals surface area contributed by atoms with Crippen LogP contribution in [0.25, 0.3) is 0 Å². The Labute approximate surface area is 46.0 Å². The largest absolute Gasteiger partial charge is 0.465 e. The molecule has 0 fully saturated rings. The summed E-state index contributed by atoms with van der Waals surface area (Å²) in [6, 6.07) is 0. The molecule has 0 aliphatic carbocycles. The Balaban J connectivity index is 2.50. The lowest BCUT2D eigenvalue weighted by Gasteiger charge is -2.00. The van der Waals surface area contributed by atoms with Gasteiger partial charge < -0.3 is 9.47 Å². The second-order valence-electron chi connectivity index (χ2n) is 0.948. The van der Waals surface area contributed by atoms with Gasteiger partial charge in [0.25, 0.3) is 0 Å². The summed E-state index contributed by atoms with van der Waals surface area (Å²) in [5, 5.41) is 0.252. The van der Waals surface area contributed by atoms with E-state index in [2.05, 4.69) is 9.47 Å². The van der Waals surface area contributed by atoms with E-state index in [0.29, 0.717) is 0 Å². The van der Waals surface area contributed by atoms with Crippen molar-refractivity contribution in [1.82, 2.24) is 0 Å². The van der Waals surface area contributed by atoms with Gasteiger partial charge >= 0.3 is 0 Å². The van der Waals surface area contributed by atoms with Gasteiger partial charge in [0.1, 0.15) is 18.8 Å². The molecule has 1 rings (SSSR count). The molecule has 3 heteroatoms. The second-order valence-corrected chi connectivity index (χ2v) is 1.32. The van der Waals surface area contributed by atoms with E-state index in [-0.39, 0.29) is 5.22 Å². The van der Waals surface area contributed by atoms with Gasteiger partial charge in [0.15, 0.2) is 0 Å². The molecule has 2 nitrogen and oxygen atoms in total. The van der Waals surface area contributed by atoms with Crippen molar-refractivity contribution in [3.8, 4) is 0 Å². The first-order chi connectivity index (χ1) is 3.39. The van der Waals surface area contributed by atoms with Crippen molar-refractivity contribution in [3.05, 3.63) is 24.0 Å². The first-order valence-corrected chi connectivity index (χ1v) is 2.10. The molecule has 1 aliphatic heterocycles. The van der Waals surface area contributed by atoms with Gasteiger partial charge in [0.2, 0.25) is 5.22 Å². The molecule has 0 N–H and O–H groups in total. The maximum atomic E-state index is 5.28. The minimum absolute atomic E-state index is 0.252. The summed E-state index contributed by atoms with van der Waals surface area (Å²) >= 11 is 5.28. The van der Waals surface area contributed by atoms with Crippen LogP contribution < -0.4 is 0 Å². The van der Waals surface area contributed by atoms with Crippen molar-refractivity contribution in [3.63, 3.8) is 0 Å². The van der Waals surface area contributed by atoms with Crippen molar-refractivity contribution in [2.75, 3.05) is 0 Å². The molecule has 1 heterocycles. The second kappa shape index (κ2) is 1.89. The fourth-order valence-corrected chi connectivity index (χ4v) is 0.348. The topological polar surface area (TPSA) is 18.5 Å². The van der Waals surface area contributed by atoms with Crippen LogP contribution in [0.2, 0.25) is 0 Å². The van der Waals surface area contributed by atoms with E-state index in [1.54, 1.807) is 0 Å². The van der Waals surface area contributed by atoms with Crippen LogP contribution in [-0.4, -0.2) is 0 Å². The summed E-state index contributed by atoms with van der Waals surface area (Å²) in [7, 11) is 0. The molecule has 0 aromatic rings. The summed E-state index contributed by atoms with van der Waals surface area (Å²) in [5.41, 5.74) is 0. The highest BCUT2D eigenvalue weighted by atomic mass is 35.5. The average Bonchev–Trinajstić information content (AvgIpc) is 1.69. The third-order valence-electron chi connectivity index (χ3n) is 0.475. The van der Waals surface area contributed by atoms with Gasteiger partial charge in [-0.2, -0.15) is 0 Å². The highest BCUT2D eigenvalue weighted by Gasteiger charge is 1.91. The number of rotatable bonds is 0. The summed E-state index contributed by atoms with van der Waals surface area (Å²) in [6.07, 6.45) is 4.07. The zero-order valence-electron chi connectivity index (χ0n) is 3.43. The number of hydrogen-bond donors (Lipinski definition) is 0. The highest BCUT2D eigenvalue weighted by Crippen LogP contribution is 2.07. The first-order valence-electron chi connectivity index (χ1n) is 1.72. The van der Waals surface area contributed by atoms with E-state index in [1.165, 1.54) is 18.8 Å². The molecule has 0 saturated carbocycles. The predicted octanol–water partition coefficient (Wildman–Crippen LogP) is 1.54. The monoisotopic (exact) mass is 118 g/mol. The van der Waals surface area contributed by atoms with Crippen molar-refractivity contribution >= 4 is 11.6 Å². The first kappa shape index (κ1) is 4.53. The van der Waals surface area contributed by atoms with Crippen LogP contribution in [0.1, 0.15) is 0 Å². The molecule has 0 bridgehead atoms. The van der Waals surface area contributed by atoms with Crippen LogP contribution in [0.3, 0.4) is 0 Å². The van der Waals surface area contributed by atoms with E-state index < -0.39 is 0 Å². The molecule has 0 aromatic heterocycles. The Kier molecular flexibility index (Phi) is 1.22. The Morgan fingerprint density at radius 1 is 1.43 bits per heavy atom. The van der Waals surface area contributed by atoms with Crippen LogP contribution >= 0.6 is 11.6 Å². The lowest BCUT2D eigenvalue weighted by atomic mass is 10.9. The van der Waals surface area contributed by atoms with Crippen molar-refractivity contribution in [1.29, 1.82) is 0 Å². The fourth-order valence-electron chi connectivity index (χ4n) is 0.245. The zero-order chi connectivity index (χ0) is 5.11. The van der Waals surface area contributed by atoms with Crippen LogP contribution in [-0.2, 0) is 9.47 Å². The zero-order valence-corrected chi connectivity index (χ0v) is 4.18. The minimum Gasteiger partial charge on any atom is -0.465 e. The van der Waals surface area contributed by atoms with Crippen molar-refractivity contribution in [2.45, 2.75) is 0 Å². The summed E-state index contributed by atoms with van der Waals surface area (Å²) in [6.45, 7) is 0. The maximum Gasteiger partial charge on any atom is 0.228 e. The number of hydrogen-bond acceptors (Lipinski definition) is 2. The minimum atomic E-state index is 0.252. The van der Waals surface area contributed by atoms with Gasteiger partial charge in [-0.1, -0.05) is 0 Å². The normalized spacial score (nSPS) is 17.0. The highest BCUT2D eigenvalue weighted by molar-refractivity contribution is 6.28. The SMILES string of the molecule is ClC1=COC=CO1. The lowest BCUT2D eigenvalue weighted by Crippen LogP contribution is -1.82. The predicted molar refractivity (Wildman–Crippen MR) is 25.2 cm³/mol. The van der Waals surface area contributed by atoms with E-state index in [0.717, 1.165) is 0 Å². The molecular formula is C4H3ClO2. The van der Waals surface area contributed by atoms with Gasteiger partial charge in [-0.15, -0.1) is 0 Å². The molecule has 0 unspecified atom stereocenters. The summed E-state index contributed by atoms with van der Waals surface area (Å²) in [5.74, 6) is 0. The lowest BCUT2D eigenvalue weighted by molar-refractivity contribution is 0.279. The molecule has 0 aromatic carbocycles. The Morgan fingerprint density at radius 3 is 2.57 bits per heavy atom. The number of halogens is 1. The Bertz CT molecular complexity index is 117. The summed E-state index contributed by atoms with van der Waals surface area (Å²) in [4.78, 5) is 0. The quantitative estimate of drug-likeness (QED) is 0.480. The van der Waals surface area contributed by atoms with Crippen LogP contribution in [0, 0.1) is 0 Å². The third-order valence-corrected chi connectivity index (χ3v) is 0.654. The van der Waals surface area contributed by atoms with Crippen LogP contribution in [0.5, 0.6) is 0 Å². The molecule has 0 atom stereocenters. The molecule has 38 valence electrons. The molecule has 0 saturated heterocycles. The van der Waals surface area contributed by atoms with Crippen molar-refractivity contribution in [2.24, 2.45) is 0 Å². The maximum absolute atomic E-state index is 5.28. The Hall–Kier alpha value is -0.630. The van der Waals surface area contributed by atoms with Crippen LogP contribution in [0.4, 0.5) is 0 Å². The van der Waals surface area contributed by atoms with E-state index in [1.807, 2.05) is 0 Å². The van der Waals surface area contributed by atoms with E-state index in [9.17, 15) is 0 Å². The van der Waals surface area contributed by atoms with E-state index >= 15 is 0 Å². The number of ether oxygens (including phenoxy) is 2. The smallest absolute Gasteiger partial charge is 0.228 e. The summed E-state index contributed by atoms with van der Waals surface area (Å²) < 4.78 is 9.18. The fraction of sp³-hybridized carbons (Fsp3) is 0.